The average molecular weight is 220 g/mol. The van der Waals surface area contributed by atoms with Crippen molar-refractivity contribution in [2.24, 2.45) is 5.73 Å². The van der Waals surface area contributed by atoms with Crippen molar-refractivity contribution in [1.29, 1.82) is 0 Å². The second kappa shape index (κ2) is 5.32. The summed E-state index contributed by atoms with van der Waals surface area (Å²) < 4.78 is 5.31. The number of ether oxygens (including phenoxy) is 1. The van der Waals surface area contributed by atoms with Crippen molar-refractivity contribution in [3.05, 3.63) is 29.8 Å². The van der Waals surface area contributed by atoms with Crippen LogP contribution < -0.4 is 15.8 Å². The smallest absolute Gasteiger partial charge is 0.123 e. The first-order chi connectivity index (χ1) is 7.81. The monoisotopic (exact) mass is 220 g/mol. The number of para-hydroxylation sites is 1. The van der Waals surface area contributed by atoms with Gasteiger partial charge in [0, 0.05) is 24.2 Å². The summed E-state index contributed by atoms with van der Waals surface area (Å²) in [6, 6.07) is 8.65. The van der Waals surface area contributed by atoms with E-state index in [4.69, 9.17) is 10.5 Å². The van der Waals surface area contributed by atoms with Gasteiger partial charge in [-0.05, 0) is 18.9 Å². The number of hydrogen-bond acceptors (Lipinski definition) is 3. The summed E-state index contributed by atoms with van der Waals surface area (Å²) >= 11 is 0. The second-order valence-electron chi connectivity index (χ2n) is 4.38. The zero-order valence-electron chi connectivity index (χ0n) is 9.78. The Balaban J connectivity index is 1.93. The Morgan fingerprint density at radius 3 is 2.81 bits per heavy atom. The highest BCUT2D eigenvalue weighted by molar-refractivity contribution is 5.35. The SMILES string of the molecule is COc1ccccc1C(N)CNC1CCC1. The molecule has 88 valence electrons. The van der Waals surface area contributed by atoms with Crippen LogP contribution in [0.5, 0.6) is 5.75 Å². The Morgan fingerprint density at radius 1 is 1.44 bits per heavy atom. The highest BCUT2D eigenvalue weighted by atomic mass is 16.5. The van der Waals surface area contributed by atoms with Crippen molar-refractivity contribution in [2.45, 2.75) is 31.3 Å². The Labute approximate surface area is 97.0 Å². The number of methoxy groups -OCH3 is 1. The first-order valence-corrected chi connectivity index (χ1v) is 5.93. The van der Waals surface area contributed by atoms with Crippen LogP contribution in [-0.4, -0.2) is 19.7 Å². The van der Waals surface area contributed by atoms with E-state index in [0.717, 1.165) is 17.9 Å². The lowest BCUT2D eigenvalue weighted by molar-refractivity contribution is 0.330. The normalized spacial score (nSPS) is 17.9. The summed E-state index contributed by atoms with van der Waals surface area (Å²) in [5.41, 5.74) is 7.24. The van der Waals surface area contributed by atoms with Crippen LogP contribution in [0.15, 0.2) is 24.3 Å². The lowest BCUT2D eigenvalue weighted by atomic mass is 9.93. The van der Waals surface area contributed by atoms with E-state index in [1.54, 1.807) is 7.11 Å². The predicted molar refractivity (Wildman–Crippen MR) is 65.6 cm³/mol. The maximum absolute atomic E-state index is 6.16. The molecular formula is C13H20N2O. The molecule has 1 aliphatic rings. The van der Waals surface area contributed by atoms with Gasteiger partial charge in [0.15, 0.2) is 0 Å². The number of rotatable bonds is 5. The first kappa shape index (κ1) is 11.4. The zero-order valence-corrected chi connectivity index (χ0v) is 9.78. The van der Waals surface area contributed by atoms with Crippen LogP contribution in [-0.2, 0) is 0 Å². The molecule has 1 aliphatic carbocycles. The number of hydrogen-bond donors (Lipinski definition) is 2. The van der Waals surface area contributed by atoms with Crippen LogP contribution >= 0.6 is 0 Å². The van der Waals surface area contributed by atoms with Gasteiger partial charge in [-0.25, -0.2) is 0 Å². The standard InChI is InChI=1S/C13H20N2O/c1-16-13-8-3-2-7-11(13)12(14)9-15-10-5-4-6-10/h2-3,7-8,10,12,15H,4-6,9,14H2,1H3. The van der Waals surface area contributed by atoms with Crippen molar-refractivity contribution in [2.75, 3.05) is 13.7 Å². The van der Waals surface area contributed by atoms with Gasteiger partial charge in [0.25, 0.3) is 0 Å². The van der Waals surface area contributed by atoms with E-state index in [1.165, 1.54) is 19.3 Å². The van der Waals surface area contributed by atoms with Crippen molar-refractivity contribution < 1.29 is 4.74 Å². The highest BCUT2D eigenvalue weighted by Gasteiger charge is 2.18. The lowest BCUT2D eigenvalue weighted by Crippen LogP contribution is -2.39. The van der Waals surface area contributed by atoms with E-state index in [0.29, 0.717) is 6.04 Å². The summed E-state index contributed by atoms with van der Waals surface area (Å²) in [5.74, 6) is 0.880. The first-order valence-electron chi connectivity index (χ1n) is 5.93. The number of nitrogens with one attached hydrogen (secondary N) is 1. The zero-order chi connectivity index (χ0) is 11.4. The Kier molecular flexibility index (Phi) is 3.80. The molecule has 0 saturated heterocycles. The molecule has 2 rings (SSSR count). The molecule has 0 radical (unpaired) electrons. The van der Waals surface area contributed by atoms with Crippen molar-refractivity contribution >= 4 is 0 Å². The molecule has 0 heterocycles. The molecule has 1 aromatic rings. The predicted octanol–water partition coefficient (Wildman–Crippen LogP) is 1.84. The third kappa shape index (κ3) is 2.54. The summed E-state index contributed by atoms with van der Waals surface area (Å²) in [5, 5.41) is 3.49. The van der Waals surface area contributed by atoms with E-state index in [-0.39, 0.29) is 6.04 Å². The fourth-order valence-electron chi connectivity index (χ4n) is 1.99. The third-order valence-electron chi connectivity index (χ3n) is 3.27. The molecule has 0 bridgehead atoms. The molecule has 3 N–H and O–H groups in total. The fraction of sp³-hybridized carbons (Fsp3) is 0.538. The molecule has 0 spiro atoms. The number of benzene rings is 1. The van der Waals surface area contributed by atoms with Crippen molar-refractivity contribution in [3.63, 3.8) is 0 Å². The van der Waals surface area contributed by atoms with Crippen LogP contribution in [0.25, 0.3) is 0 Å². The van der Waals surface area contributed by atoms with Gasteiger partial charge < -0.3 is 15.8 Å². The van der Waals surface area contributed by atoms with Gasteiger partial charge in [0.2, 0.25) is 0 Å². The van der Waals surface area contributed by atoms with Gasteiger partial charge >= 0.3 is 0 Å². The molecule has 1 unspecified atom stereocenters. The van der Waals surface area contributed by atoms with Gasteiger partial charge in [-0.3, -0.25) is 0 Å². The average Bonchev–Trinajstić information content (AvgIpc) is 2.26. The van der Waals surface area contributed by atoms with Gasteiger partial charge in [0.1, 0.15) is 5.75 Å². The minimum atomic E-state index is 0.0109. The molecule has 16 heavy (non-hydrogen) atoms. The molecule has 0 aromatic heterocycles. The summed E-state index contributed by atoms with van der Waals surface area (Å²) in [6.07, 6.45) is 3.93. The second-order valence-corrected chi connectivity index (χ2v) is 4.38. The molecule has 1 atom stereocenters. The van der Waals surface area contributed by atoms with Gasteiger partial charge in [-0.2, -0.15) is 0 Å². The highest BCUT2D eigenvalue weighted by Crippen LogP contribution is 2.24. The molecule has 3 heteroatoms. The van der Waals surface area contributed by atoms with Crippen molar-refractivity contribution in [1.82, 2.24) is 5.32 Å². The molecule has 3 nitrogen and oxygen atoms in total. The van der Waals surface area contributed by atoms with E-state index >= 15 is 0 Å². The van der Waals surface area contributed by atoms with Crippen LogP contribution in [0, 0.1) is 0 Å². The third-order valence-corrected chi connectivity index (χ3v) is 3.27. The molecule has 1 fully saturated rings. The van der Waals surface area contributed by atoms with E-state index in [9.17, 15) is 0 Å². The van der Waals surface area contributed by atoms with E-state index in [2.05, 4.69) is 5.32 Å². The molecule has 1 saturated carbocycles. The van der Waals surface area contributed by atoms with Crippen molar-refractivity contribution in [3.8, 4) is 5.75 Å². The topological polar surface area (TPSA) is 47.3 Å². The van der Waals surface area contributed by atoms with E-state index in [1.807, 2.05) is 24.3 Å². The Morgan fingerprint density at radius 2 is 2.19 bits per heavy atom. The summed E-state index contributed by atoms with van der Waals surface area (Å²) in [4.78, 5) is 0. The summed E-state index contributed by atoms with van der Waals surface area (Å²) in [7, 11) is 1.69. The van der Waals surface area contributed by atoms with Crippen LogP contribution in [0.2, 0.25) is 0 Å². The molecule has 1 aromatic carbocycles. The van der Waals surface area contributed by atoms with Gasteiger partial charge in [-0.1, -0.05) is 24.6 Å². The summed E-state index contributed by atoms with van der Waals surface area (Å²) in [6.45, 7) is 0.824. The Hall–Kier alpha value is -1.06. The minimum Gasteiger partial charge on any atom is -0.496 e. The Bertz CT molecular complexity index is 336. The van der Waals surface area contributed by atoms with Crippen LogP contribution in [0.1, 0.15) is 30.9 Å². The maximum atomic E-state index is 6.16. The fourth-order valence-corrected chi connectivity index (χ4v) is 1.99. The quantitative estimate of drug-likeness (QED) is 0.796. The maximum Gasteiger partial charge on any atom is 0.123 e. The van der Waals surface area contributed by atoms with E-state index < -0.39 is 0 Å². The minimum absolute atomic E-state index is 0.0109. The van der Waals surface area contributed by atoms with Gasteiger partial charge in [-0.15, -0.1) is 0 Å². The molecule has 0 aliphatic heterocycles. The van der Waals surface area contributed by atoms with Crippen LogP contribution in [0.3, 0.4) is 0 Å². The molecule has 0 amide bonds. The largest absolute Gasteiger partial charge is 0.496 e. The number of nitrogens with two attached hydrogens (primary N) is 1. The van der Waals surface area contributed by atoms with Crippen LogP contribution in [0.4, 0.5) is 0 Å². The molecular weight excluding hydrogens is 200 g/mol. The lowest BCUT2D eigenvalue weighted by Gasteiger charge is -2.28. The van der Waals surface area contributed by atoms with Gasteiger partial charge in [0.05, 0.1) is 7.11 Å².